The number of methoxy groups -OCH3 is 3. The van der Waals surface area contributed by atoms with E-state index >= 15 is 0 Å². The van der Waals surface area contributed by atoms with E-state index in [1.165, 1.54) is 21.3 Å². The van der Waals surface area contributed by atoms with Crippen molar-refractivity contribution in [1.82, 2.24) is 15.2 Å². The number of aromatic nitrogens is 1. The lowest BCUT2D eigenvalue weighted by Crippen LogP contribution is -2.37. The molecule has 10 heteroatoms. The number of amides is 3. The van der Waals surface area contributed by atoms with E-state index in [0.29, 0.717) is 16.4 Å². The van der Waals surface area contributed by atoms with E-state index in [-0.39, 0.29) is 24.4 Å². The second-order valence-corrected chi connectivity index (χ2v) is 7.25. The Balaban J connectivity index is 1.65. The summed E-state index contributed by atoms with van der Waals surface area (Å²) >= 11 is 0.855. The molecule has 3 amide bonds. The molecule has 1 fully saturated rings. The molecule has 1 aliphatic heterocycles. The van der Waals surface area contributed by atoms with Crippen LogP contribution >= 0.6 is 11.8 Å². The van der Waals surface area contributed by atoms with Gasteiger partial charge in [0.05, 0.1) is 31.8 Å². The molecule has 0 aliphatic carbocycles. The number of nitrogens with one attached hydrogen (secondary N) is 1. The van der Waals surface area contributed by atoms with Crippen LogP contribution in [0.5, 0.6) is 17.2 Å². The van der Waals surface area contributed by atoms with Gasteiger partial charge in [0.25, 0.3) is 17.1 Å². The maximum Gasteiger partial charge on any atom is 0.293 e. The second-order valence-electron chi connectivity index (χ2n) is 6.26. The van der Waals surface area contributed by atoms with Crippen molar-refractivity contribution in [3.05, 3.63) is 52.7 Å². The van der Waals surface area contributed by atoms with Crippen LogP contribution in [0.15, 0.2) is 41.6 Å². The second kappa shape index (κ2) is 9.98. The van der Waals surface area contributed by atoms with E-state index < -0.39 is 17.1 Å². The predicted octanol–water partition coefficient (Wildman–Crippen LogP) is 2.57. The molecule has 0 unspecified atom stereocenters. The largest absolute Gasteiger partial charge is 0.493 e. The Morgan fingerprint density at radius 2 is 1.90 bits per heavy atom. The monoisotopic (exact) mass is 443 g/mol. The molecule has 1 aromatic heterocycles. The van der Waals surface area contributed by atoms with Crippen molar-refractivity contribution in [2.45, 2.75) is 0 Å². The molecule has 0 bridgehead atoms. The Kier molecular flexibility index (Phi) is 7.14. The Labute approximate surface area is 183 Å². The average Bonchev–Trinajstić information content (AvgIpc) is 3.05. The molecule has 3 rings (SSSR count). The molecular weight excluding hydrogens is 422 g/mol. The van der Waals surface area contributed by atoms with Crippen LogP contribution in [0.2, 0.25) is 0 Å². The lowest BCUT2D eigenvalue weighted by atomic mass is 10.1. The SMILES string of the molecule is COc1ccc(C(=O)NCCN2C(=O)SC(=Cc3cccnc3)C2=O)c(OC)c1OC. The summed E-state index contributed by atoms with van der Waals surface area (Å²) in [6.45, 7) is 0.116. The third kappa shape index (κ3) is 4.80. The summed E-state index contributed by atoms with van der Waals surface area (Å²) < 4.78 is 15.8. The maximum atomic E-state index is 12.6. The third-order valence-corrected chi connectivity index (χ3v) is 5.33. The van der Waals surface area contributed by atoms with Gasteiger partial charge in [0.2, 0.25) is 5.75 Å². The fourth-order valence-corrected chi connectivity index (χ4v) is 3.83. The van der Waals surface area contributed by atoms with Gasteiger partial charge in [-0.3, -0.25) is 24.3 Å². The average molecular weight is 443 g/mol. The summed E-state index contributed by atoms with van der Waals surface area (Å²) in [5.74, 6) is 0.107. The van der Waals surface area contributed by atoms with Gasteiger partial charge in [-0.2, -0.15) is 0 Å². The van der Waals surface area contributed by atoms with Gasteiger partial charge in [-0.05, 0) is 41.6 Å². The van der Waals surface area contributed by atoms with E-state index in [4.69, 9.17) is 14.2 Å². The van der Waals surface area contributed by atoms with Gasteiger partial charge in [-0.1, -0.05) is 6.07 Å². The molecule has 0 spiro atoms. The first-order chi connectivity index (χ1) is 15.0. The summed E-state index contributed by atoms with van der Waals surface area (Å²) in [6.07, 6.45) is 4.84. The minimum Gasteiger partial charge on any atom is -0.493 e. The van der Waals surface area contributed by atoms with Gasteiger partial charge in [0.1, 0.15) is 0 Å². The van der Waals surface area contributed by atoms with Crippen LogP contribution in [0.3, 0.4) is 0 Å². The smallest absolute Gasteiger partial charge is 0.293 e. The van der Waals surface area contributed by atoms with Crippen molar-refractivity contribution < 1.29 is 28.6 Å². The zero-order chi connectivity index (χ0) is 22.4. The quantitative estimate of drug-likeness (QED) is 0.621. The van der Waals surface area contributed by atoms with Crippen LogP contribution in [0.25, 0.3) is 6.08 Å². The van der Waals surface area contributed by atoms with E-state index in [2.05, 4.69) is 10.3 Å². The topological polar surface area (TPSA) is 107 Å². The number of ether oxygens (including phenoxy) is 3. The number of imide groups is 1. The fraction of sp³-hybridized carbons (Fsp3) is 0.238. The van der Waals surface area contributed by atoms with Crippen LogP contribution in [0.4, 0.5) is 4.79 Å². The molecule has 1 saturated heterocycles. The number of hydrogen-bond acceptors (Lipinski definition) is 8. The predicted molar refractivity (Wildman–Crippen MR) is 115 cm³/mol. The van der Waals surface area contributed by atoms with Gasteiger partial charge < -0.3 is 19.5 Å². The minimum atomic E-state index is -0.435. The lowest BCUT2D eigenvalue weighted by molar-refractivity contribution is -0.122. The molecule has 31 heavy (non-hydrogen) atoms. The standard InChI is InChI=1S/C21H21N3O6S/c1-28-15-7-6-14(17(29-2)18(15)30-3)19(25)23-9-10-24-20(26)16(31-21(24)27)11-13-5-4-8-22-12-13/h4-8,11-12H,9-10H2,1-3H3,(H,23,25). The van der Waals surface area contributed by atoms with E-state index in [0.717, 1.165) is 22.2 Å². The highest BCUT2D eigenvalue weighted by atomic mass is 32.2. The number of benzene rings is 1. The summed E-state index contributed by atoms with van der Waals surface area (Å²) in [6, 6.07) is 6.67. The van der Waals surface area contributed by atoms with Crippen molar-refractivity contribution in [2.24, 2.45) is 0 Å². The number of nitrogens with zero attached hydrogens (tertiary/aromatic N) is 2. The molecular formula is C21H21N3O6S. The maximum absolute atomic E-state index is 12.6. The van der Waals surface area contributed by atoms with Crippen molar-refractivity contribution in [1.29, 1.82) is 0 Å². The number of hydrogen-bond donors (Lipinski definition) is 1. The molecule has 0 saturated carbocycles. The minimum absolute atomic E-state index is 0.0381. The van der Waals surface area contributed by atoms with Gasteiger partial charge >= 0.3 is 0 Å². The van der Waals surface area contributed by atoms with Gasteiger partial charge in [0.15, 0.2) is 11.5 Å². The van der Waals surface area contributed by atoms with E-state index in [9.17, 15) is 14.4 Å². The Morgan fingerprint density at radius 3 is 2.55 bits per heavy atom. The molecule has 0 atom stereocenters. The van der Waals surface area contributed by atoms with Gasteiger partial charge in [-0.25, -0.2) is 0 Å². The Bertz CT molecular complexity index is 1030. The first kappa shape index (κ1) is 22.2. The zero-order valence-electron chi connectivity index (χ0n) is 17.2. The van der Waals surface area contributed by atoms with Crippen molar-refractivity contribution >= 4 is 34.9 Å². The summed E-state index contributed by atoms with van der Waals surface area (Å²) in [7, 11) is 4.35. The number of rotatable bonds is 8. The molecule has 2 heterocycles. The first-order valence-electron chi connectivity index (χ1n) is 9.22. The highest BCUT2D eigenvalue weighted by Gasteiger charge is 2.34. The summed E-state index contributed by atoms with van der Waals surface area (Å²) in [4.78, 5) is 42.8. The molecule has 9 nitrogen and oxygen atoms in total. The molecule has 2 aromatic rings. The highest BCUT2D eigenvalue weighted by Crippen LogP contribution is 2.39. The molecule has 1 N–H and O–H groups in total. The van der Waals surface area contributed by atoms with Crippen LogP contribution in [-0.4, -0.2) is 61.4 Å². The Hall–Kier alpha value is -3.53. The summed E-state index contributed by atoms with van der Waals surface area (Å²) in [5.41, 5.74) is 0.965. The molecule has 0 radical (unpaired) electrons. The van der Waals surface area contributed by atoms with Crippen LogP contribution in [0.1, 0.15) is 15.9 Å². The van der Waals surface area contributed by atoms with Crippen LogP contribution in [-0.2, 0) is 4.79 Å². The number of thioether (sulfide) groups is 1. The highest BCUT2D eigenvalue weighted by molar-refractivity contribution is 8.18. The normalized spacial score (nSPS) is 14.7. The van der Waals surface area contributed by atoms with Crippen molar-refractivity contribution in [3.63, 3.8) is 0 Å². The van der Waals surface area contributed by atoms with Crippen LogP contribution in [0, 0.1) is 0 Å². The van der Waals surface area contributed by atoms with Crippen molar-refractivity contribution in [3.8, 4) is 17.2 Å². The molecule has 1 aliphatic rings. The molecule has 162 valence electrons. The first-order valence-corrected chi connectivity index (χ1v) is 10.0. The van der Waals surface area contributed by atoms with E-state index in [1.807, 2.05) is 0 Å². The Morgan fingerprint density at radius 1 is 1.13 bits per heavy atom. The third-order valence-electron chi connectivity index (χ3n) is 4.43. The van der Waals surface area contributed by atoms with Crippen LogP contribution < -0.4 is 19.5 Å². The van der Waals surface area contributed by atoms with Crippen molar-refractivity contribution in [2.75, 3.05) is 34.4 Å². The lowest BCUT2D eigenvalue weighted by Gasteiger charge is -2.16. The van der Waals surface area contributed by atoms with E-state index in [1.54, 1.807) is 42.7 Å². The van der Waals surface area contributed by atoms with Gasteiger partial charge in [-0.15, -0.1) is 0 Å². The fourth-order valence-electron chi connectivity index (χ4n) is 2.96. The number of carbonyl (C=O) groups is 3. The summed E-state index contributed by atoms with van der Waals surface area (Å²) in [5, 5.41) is 2.30. The number of carbonyl (C=O) groups excluding carboxylic acids is 3. The zero-order valence-corrected chi connectivity index (χ0v) is 18.0. The van der Waals surface area contributed by atoms with Gasteiger partial charge in [0, 0.05) is 25.5 Å². The molecule has 1 aromatic carbocycles. The number of pyridine rings is 1.